The number of ether oxygens (including phenoxy) is 3. The van der Waals surface area contributed by atoms with Crippen LogP contribution in [0.1, 0.15) is 67.4 Å². The van der Waals surface area contributed by atoms with Crippen LogP contribution in [0, 0.1) is 0 Å². The highest BCUT2D eigenvalue weighted by Gasteiger charge is 2.29. The maximum Gasteiger partial charge on any atom is 0.159 e. The lowest BCUT2D eigenvalue weighted by Crippen LogP contribution is -2.26. The largest absolute Gasteiger partial charge is 0.497 e. The van der Waals surface area contributed by atoms with Gasteiger partial charge in [-0.15, -0.1) is 0 Å². The molecule has 1 aliphatic heterocycles. The van der Waals surface area contributed by atoms with Gasteiger partial charge in [0.1, 0.15) is 5.75 Å². The average molecular weight is 397 g/mol. The number of hydrogen-bond donors (Lipinski definition) is 0. The van der Waals surface area contributed by atoms with Crippen molar-refractivity contribution in [1.82, 2.24) is 0 Å². The summed E-state index contributed by atoms with van der Waals surface area (Å²) < 4.78 is 16.9. The van der Waals surface area contributed by atoms with Crippen molar-refractivity contribution >= 4 is 5.78 Å². The fourth-order valence-electron chi connectivity index (χ4n) is 3.97. The lowest BCUT2D eigenvalue weighted by Gasteiger charge is -2.32. The van der Waals surface area contributed by atoms with Gasteiger partial charge < -0.3 is 14.2 Å². The first-order valence-electron chi connectivity index (χ1n) is 10.5. The second-order valence-corrected chi connectivity index (χ2v) is 7.96. The lowest BCUT2D eigenvalue weighted by molar-refractivity contribution is -0.163. The van der Waals surface area contributed by atoms with Gasteiger partial charge in [-0.25, -0.2) is 0 Å². The first-order valence-corrected chi connectivity index (χ1v) is 10.5. The average Bonchev–Trinajstić information content (AvgIpc) is 2.77. The van der Waals surface area contributed by atoms with E-state index in [-0.39, 0.29) is 17.5 Å². The van der Waals surface area contributed by atoms with Crippen molar-refractivity contribution < 1.29 is 19.0 Å². The Hall–Kier alpha value is -2.17. The smallest absolute Gasteiger partial charge is 0.159 e. The standard InChI is InChI=1S/C25H32O4/c1-19(26)20-8-10-21(11-9-20)25(2,22-12-14-23(27-3)15-13-22)16-6-18-29-24-7-4-5-17-28-24/h8-15,24H,4-7,16-18H2,1-3H3. The van der Waals surface area contributed by atoms with E-state index in [9.17, 15) is 4.79 Å². The summed E-state index contributed by atoms with van der Waals surface area (Å²) in [6.45, 7) is 5.34. The van der Waals surface area contributed by atoms with Crippen LogP contribution in [0.3, 0.4) is 0 Å². The summed E-state index contributed by atoms with van der Waals surface area (Å²) in [6, 6.07) is 16.3. The monoisotopic (exact) mass is 396 g/mol. The molecule has 1 heterocycles. The van der Waals surface area contributed by atoms with Gasteiger partial charge in [0.2, 0.25) is 0 Å². The number of carbonyl (C=O) groups is 1. The summed E-state index contributed by atoms with van der Waals surface area (Å²) in [4.78, 5) is 11.7. The second kappa shape index (κ2) is 10.0. The molecule has 2 aromatic carbocycles. The zero-order chi connectivity index (χ0) is 20.7. The van der Waals surface area contributed by atoms with Crippen molar-refractivity contribution in [3.05, 3.63) is 65.2 Å². The van der Waals surface area contributed by atoms with Gasteiger partial charge in [0.15, 0.2) is 12.1 Å². The Balaban J connectivity index is 1.75. The van der Waals surface area contributed by atoms with Gasteiger partial charge in [0, 0.05) is 24.2 Å². The molecule has 0 aromatic heterocycles. The molecular weight excluding hydrogens is 364 g/mol. The number of Topliss-reactive ketones (excluding diaryl/α,β-unsaturated/α-hetero) is 1. The van der Waals surface area contributed by atoms with Crippen LogP contribution >= 0.6 is 0 Å². The van der Waals surface area contributed by atoms with E-state index >= 15 is 0 Å². The van der Waals surface area contributed by atoms with Gasteiger partial charge in [0.05, 0.1) is 7.11 Å². The molecule has 156 valence electrons. The third kappa shape index (κ3) is 5.46. The van der Waals surface area contributed by atoms with Crippen LogP contribution in [0.15, 0.2) is 48.5 Å². The Kier molecular flexibility index (Phi) is 7.45. The molecule has 2 unspecified atom stereocenters. The van der Waals surface area contributed by atoms with Gasteiger partial charge in [-0.1, -0.05) is 43.3 Å². The van der Waals surface area contributed by atoms with E-state index < -0.39 is 0 Å². The van der Waals surface area contributed by atoms with Gasteiger partial charge in [-0.2, -0.15) is 0 Å². The molecule has 2 aromatic rings. The Morgan fingerprint density at radius 1 is 1.07 bits per heavy atom. The van der Waals surface area contributed by atoms with E-state index in [0.717, 1.165) is 43.6 Å². The van der Waals surface area contributed by atoms with Crippen molar-refractivity contribution in [2.24, 2.45) is 0 Å². The number of hydrogen-bond acceptors (Lipinski definition) is 4. The molecule has 0 amide bonds. The number of methoxy groups -OCH3 is 1. The van der Waals surface area contributed by atoms with Crippen molar-refractivity contribution in [1.29, 1.82) is 0 Å². The van der Waals surface area contributed by atoms with Gasteiger partial charge in [0.25, 0.3) is 0 Å². The maximum absolute atomic E-state index is 11.7. The minimum Gasteiger partial charge on any atom is -0.497 e. The van der Waals surface area contributed by atoms with E-state index in [1.54, 1.807) is 14.0 Å². The van der Waals surface area contributed by atoms with E-state index in [4.69, 9.17) is 14.2 Å². The highest BCUT2D eigenvalue weighted by atomic mass is 16.7. The van der Waals surface area contributed by atoms with Crippen molar-refractivity contribution in [2.75, 3.05) is 20.3 Å². The summed E-state index contributed by atoms with van der Waals surface area (Å²) in [5, 5.41) is 0. The fraction of sp³-hybridized carbons (Fsp3) is 0.480. The molecule has 4 heteroatoms. The lowest BCUT2D eigenvalue weighted by atomic mass is 9.73. The number of benzene rings is 2. The zero-order valence-corrected chi connectivity index (χ0v) is 17.8. The molecule has 4 nitrogen and oxygen atoms in total. The Bertz CT molecular complexity index is 775. The van der Waals surface area contributed by atoms with Crippen LogP contribution < -0.4 is 4.74 Å². The molecular formula is C25H32O4. The molecule has 0 aliphatic carbocycles. The third-order valence-corrected chi connectivity index (χ3v) is 5.92. The predicted octanol–water partition coefficient (Wildman–Crippen LogP) is 5.53. The molecule has 3 rings (SSSR count). The first kappa shape index (κ1) is 21.5. The zero-order valence-electron chi connectivity index (χ0n) is 17.8. The Morgan fingerprint density at radius 3 is 2.28 bits per heavy atom. The molecule has 0 spiro atoms. The molecule has 1 fully saturated rings. The van der Waals surface area contributed by atoms with E-state index in [2.05, 4.69) is 31.2 Å². The Labute approximate surface area is 174 Å². The Morgan fingerprint density at radius 2 is 1.72 bits per heavy atom. The molecule has 0 radical (unpaired) electrons. The van der Waals surface area contributed by atoms with Crippen LogP contribution in [0.25, 0.3) is 0 Å². The summed E-state index contributed by atoms with van der Waals surface area (Å²) in [5.74, 6) is 0.935. The molecule has 0 saturated carbocycles. The summed E-state index contributed by atoms with van der Waals surface area (Å²) in [6.07, 6.45) is 5.11. The van der Waals surface area contributed by atoms with E-state index in [0.29, 0.717) is 6.61 Å². The molecule has 1 aliphatic rings. The number of ketones is 1. The quantitative estimate of drug-likeness (QED) is 0.413. The van der Waals surface area contributed by atoms with Crippen molar-refractivity contribution in [2.45, 2.75) is 57.7 Å². The van der Waals surface area contributed by atoms with Crippen LogP contribution in [0.5, 0.6) is 5.75 Å². The van der Waals surface area contributed by atoms with Crippen molar-refractivity contribution in [3.63, 3.8) is 0 Å². The highest BCUT2D eigenvalue weighted by molar-refractivity contribution is 5.94. The summed E-state index contributed by atoms with van der Waals surface area (Å²) in [7, 11) is 1.68. The molecule has 0 N–H and O–H groups in total. The topological polar surface area (TPSA) is 44.8 Å². The summed E-state index contributed by atoms with van der Waals surface area (Å²) in [5.41, 5.74) is 2.98. The third-order valence-electron chi connectivity index (χ3n) is 5.92. The van der Waals surface area contributed by atoms with E-state index in [1.165, 1.54) is 17.5 Å². The van der Waals surface area contributed by atoms with E-state index in [1.807, 2.05) is 24.3 Å². The first-order chi connectivity index (χ1) is 14.0. The molecule has 29 heavy (non-hydrogen) atoms. The minimum absolute atomic E-state index is 0.0501. The molecule has 1 saturated heterocycles. The van der Waals surface area contributed by atoms with Gasteiger partial charge >= 0.3 is 0 Å². The SMILES string of the molecule is COc1ccc(C(C)(CCCOC2CCCCO2)c2ccc(C(C)=O)cc2)cc1. The summed E-state index contributed by atoms with van der Waals surface area (Å²) >= 11 is 0. The van der Waals surface area contributed by atoms with Crippen molar-refractivity contribution in [3.8, 4) is 5.75 Å². The van der Waals surface area contributed by atoms with Crippen LogP contribution in [-0.4, -0.2) is 32.4 Å². The van der Waals surface area contributed by atoms with Gasteiger partial charge in [-0.3, -0.25) is 4.79 Å². The van der Waals surface area contributed by atoms with Crippen LogP contribution in [0.4, 0.5) is 0 Å². The molecule has 0 bridgehead atoms. The maximum atomic E-state index is 11.7. The highest BCUT2D eigenvalue weighted by Crippen LogP contribution is 2.37. The number of rotatable bonds is 9. The minimum atomic E-state index is -0.182. The molecule has 2 atom stereocenters. The second-order valence-electron chi connectivity index (χ2n) is 7.96. The number of carbonyl (C=O) groups excluding carboxylic acids is 1. The van der Waals surface area contributed by atoms with Gasteiger partial charge in [-0.05, 0) is 62.3 Å². The predicted molar refractivity (Wildman–Crippen MR) is 115 cm³/mol. The fourth-order valence-corrected chi connectivity index (χ4v) is 3.97. The van der Waals surface area contributed by atoms with Crippen LogP contribution in [-0.2, 0) is 14.9 Å². The normalized spacial score (nSPS) is 18.8. The van der Waals surface area contributed by atoms with Crippen LogP contribution in [0.2, 0.25) is 0 Å².